The summed E-state index contributed by atoms with van der Waals surface area (Å²) in [6.45, 7) is 0. The maximum Gasteiger partial charge on any atom is 0 e. The van der Waals surface area contributed by atoms with E-state index in [1.807, 2.05) is 0 Å². The zero-order valence-corrected chi connectivity index (χ0v) is 4.64. The molecule has 0 amide bonds. The van der Waals surface area contributed by atoms with Gasteiger partial charge in [0.15, 0.2) is 0 Å². The third kappa shape index (κ3) is 75.4. The van der Waals surface area contributed by atoms with Crippen molar-refractivity contribution in [1.82, 2.24) is 0 Å². The normalized spacial score (nSPS) is 0. The molecule has 0 rings (SSSR count). The second-order valence-electron chi connectivity index (χ2n) is 0. The molecule has 0 aliphatic heterocycles. The molecule has 0 saturated heterocycles. The molecule has 10 N–H and O–H groups in total. The third-order valence-electron chi connectivity index (χ3n) is 0. The first-order valence-electron chi connectivity index (χ1n) is 0. The van der Waals surface area contributed by atoms with Crippen molar-refractivity contribution in [3.8, 4) is 0 Å². The van der Waals surface area contributed by atoms with Gasteiger partial charge < -0.3 is 27.4 Å². The van der Waals surface area contributed by atoms with Gasteiger partial charge in [0.05, 0.1) is 0 Å². The van der Waals surface area contributed by atoms with Gasteiger partial charge in [0.25, 0.3) is 0 Å². The maximum absolute atomic E-state index is 0. The van der Waals surface area contributed by atoms with Gasteiger partial charge in [-0.1, -0.05) is 0 Å². The van der Waals surface area contributed by atoms with Crippen molar-refractivity contribution in [2.75, 3.05) is 0 Å². The van der Waals surface area contributed by atoms with Crippen LogP contribution in [0.4, 0.5) is 0 Å². The third-order valence-corrected chi connectivity index (χ3v) is 0. The molecule has 0 fully saturated rings. The summed E-state index contributed by atoms with van der Waals surface area (Å²) in [5, 5.41) is 0. The summed E-state index contributed by atoms with van der Waals surface area (Å²) in [7, 11) is 0. The average molecular weight is 257 g/mol. The van der Waals surface area contributed by atoms with Crippen molar-refractivity contribution < 1.29 is 64.7 Å². The van der Waals surface area contributed by atoms with Gasteiger partial charge in [-0.05, 0) is 0 Å². The van der Waals surface area contributed by atoms with Crippen molar-refractivity contribution in [2.24, 2.45) is 0 Å². The minimum atomic E-state index is 0. The fourth-order valence-electron chi connectivity index (χ4n) is 0. The molecule has 0 aromatic heterocycles. The van der Waals surface area contributed by atoms with Crippen LogP contribution >= 0.6 is 0 Å². The Balaban J connectivity index is 0. The first-order valence-corrected chi connectivity index (χ1v) is 0. The minimum absolute atomic E-state index is 0. The summed E-state index contributed by atoms with van der Waals surface area (Å²) < 4.78 is 0. The SMILES string of the molecule is O.O.O.O.O.[Er]. The van der Waals surface area contributed by atoms with Crippen molar-refractivity contribution in [1.29, 1.82) is 0 Å². The summed E-state index contributed by atoms with van der Waals surface area (Å²) >= 11 is 0. The van der Waals surface area contributed by atoms with Crippen LogP contribution in [0.2, 0.25) is 0 Å². The van der Waals surface area contributed by atoms with E-state index in [4.69, 9.17) is 0 Å². The first-order chi connectivity index (χ1) is 0. The molecule has 0 atom stereocenters. The molecule has 6 heteroatoms. The monoisotopic (exact) mass is 256 g/mol. The number of hydrogen-bond donors (Lipinski definition) is 0. The van der Waals surface area contributed by atoms with Crippen LogP contribution in [-0.2, 0) is 0 Å². The van der Waals surface area contributed by atoms with E-state index in [-0.39, 0.29) is 64.7 Å². The summed E-state index contributed by atoms with van der Waals surface area (Å²) in [4.78, 5) is 0. The number of rotatable bonds is 0. The van der Waals surface area contributed by atoms with Gasteiger partial charge in [-0.25, -0.2) is 0 Å². The fourth-order valence-corrected chi connectivity index (χ4v) is 0. The Labute approximate surface area is 64.5 Å². The van der Waals surface area contributed by atoms with Gasteiger partial charge in [-0.2, -0.15) is 0 Å². The van der Waals surface area contributed by atoms with Crippen LogP contribution in [0, 0.1) is 37.3 Å². The summed E-state index contributed by atoms with van der Waals surface area (Å²) in [6, 6.07) is 0. The van der Waals surface area contributed by atoms with Crippen molar-refractivity contribution in [3.63, 3.8) is 0 Å². The van der Waals surface area contributed by atoms with E-state index < -0.39 is 0 Å². The zero-order chi connectivity index (χ0) is 0. The van der Waals surface area contributed by atoms with Gasteiger partial charge in [0.2, 0.25) is 0 Å². The molecular weight excluding hydrogens is 247 g/mol. The van der Waals surface area contributed by atoms with Crippen LogP contribution in [0.1, 0.15) is 0 Å². The van der Waals surface area contributed by atoms with Crippen LogP contribution < -0.4 is 0 Å². The Kier molecular flexibility index (Phi) is 5510. The van der Waals surface area contributed by atoms with E-state index in [2.05, 4.69) is 0 Å². The minimum Gasteiger partial charge on any atom is -0.412 e. The molecule has 6 heavy (non-hydrogen) atoms. The molecule has 0 spiro atoms. The van der Waals surface area contributed by atoms with Crippen LogP contribution in [0.15, 0.2) is 0 Å². The Bertz CT molecular complexity index is 3.90. The average Bonchev–Trinajstić information content (AvgIpc) is 0. The smallest absolute Gasteiger partial charge is 0 e. The van der Waals surface area contributed by atoms with E-state index >= 15 is 0 Å². The maximum atomic E-state index is 0. The molecule has 5 nitrogen and oxygen atoms in total. The molecule has 0 aromatic rings. The van der Waals surface area contributed by atoms with Crippen molar-refractivity contribution in [3.05, 3.63) is 0 Å². The van der Waals surface area contributed by atoms with Gasteiger partial charge >= 0.3 is 0 Å². The van der Waals surface area contributed by atoms with Crippen LogP contribution in [0.5, 0.6) is 0 Å². The topological polar surface area (TPSA) is 158 Å². The molecule has 0 heterocycles. The molecule has 52 valence electrons. The Hall–Kier alpha value is 1.05. The van der Waals surface area contributed by atoms with Gasteiger partial charge in [0, 0.05) is 37.3 Å². The molecule has 0 aromatic carbocycles. The van der Waals surface area contributed by atoms with Gasteiger partial charge in [0.1, 0.15) is 0 Å². The van der Waals surface area contributed by atoms with E-state index in [1.54, 1.807) is 0 Å². The van der Waals surface area contributed by atoms with Crippen LogP contribution in [-0.4, -0.2) is 27.4 Å². The van der Waals surface area contributed by atoms with E-state index in [0.717, 1.165) is 0 Å². The van der Waals surface area contributed by atoms with Gasteiger partial charge in [-0.15, -0.1) is 0 Å². The standard InChI is InChI=1S/Er.5H2O/h;5*1H2. The Morgan fingerprint density at radius 3 is 0.333 bits per heavy atom. The van der Waals surface area contributed by atoms with E-state index in [9.17, 15) is 0 Å². The van der Waals surface area contributed by atoms with E-state index in [1.165, 1.54) is 0 Å². The molecule has 0 bridgehead atoms. The van der Waals surface area contributed by atoms with Crippen LogP contribution in [0.3, 0.4) is 0 Å². The first kappa shape index (κ1) is 235. The second-order valence-corrected chi connectivity index (χ2v) is 0. The van der Waals surface area contributed by atoms with Gasteiger partial charge in [-0.3, -0.25) is 0 Å². The van der Waals surface area contributed by atoms with Crippen molar-refractivity contribution in [2.45, 2.75) is 0 Å². The number of hydrogen-bond acceptors (Lipinski definition) is 0. The van der Waals surface area contributed by atoms with Crippen molar-refractivity contribution >= 4 is 0 Å². The Morgan fingerprint density at radius 2 is 0.333 bits per heavy atom. The fraction of sp³-hybridized carbons (Fsp3) is 0. The quantitative estimate of drug-likeness (QED) is 0.413. The summed E-state index contributed by atoms with van der Waals surface area (Å²) in [5.41, 5.74) is 0. The van der Waals surface area contributed by atoms with Crippen LogP contribution in [0.25, 0.3) is 0 Å². The predicted octanol–water partition coefficient (Wildman–Crippen LogP) is -4.12. The largest absolute Gasteiger partial charge is 0.412 e. The molecule has 0 unspecified atom stereocenters. The summed E-state index contributed by atoms with van der Waals surface area (Å²) in [5.74, 6) is 0. The zero-order valence-electron chi connectivity index (χ0n) is 2.79. The molecule has 0 aliphatic rings. The molecular formula is H10ErO5. The molecule has 0 radical (unpaired) electrons. The molecule has 0 saturated carbocycles. The summed E-state index contributed by atoms with van der Waals surface area (Å²) in [6.07, 6.45) is 0. The Morgan fingerprint density at radius 1 is 0.333 bits per heavy atom. The molecule has 0 aliphatic carbocycles. The second kappa shape index (κ2) is 141. The van der Waals surface area contributed by atoms with E-state index in [0.29, 0.717) is 0 Å². The predicted molar refractivity (Wildman–Crippen MR) is 18.1 cm³/mol.